The lowest BCUT2D eigenvalue weighted by Crippen LogP contribution is -2.52. The number of hydrogen-bond acceptors (Lipinski definition) is 1. The third-order valence-electron chi connectivity index (χ3n) is 4.04. The second-order valence-electron chi connectivity index (χ2n) is 5.24. The second kappa shape index (κ2) is 4.38. The van der Waals surface area contributed by atoms with E-state index in [-0.39, 0.29) is 5.91 Å². The van der Waals surface area contributed by atoms with Crippen molar-refractivity contribution in [2.45, 2.75) is 32.6 Å². The maximum atomic E-state index is 11.3. The van der Waals surface area contributed by atoms with Gasteiger partial charge in [0.05, 0.1) is 0 Å². The second-order valence-corrected chi connectivity index (χ2v) is 5.24. The molecule has 1 aliphatic carbocycles. The van der Waals surface area contributed by atoms with E-state index in [1.807, 2.05) is 4.90 Å². The first-order chi connectivity index (χ1) is 7.20. The van der Waals surface area contributed by atoms with Crippen molar-refractivity contribution in [3.05, 3.63) is 12.7 Å². The van der Waals surface area contributed by atoms with Crippen molar-refractivity contribution in [1.29, 1.82) is 0 Å². The summed E-state index contributed by atoms with van der Waals surface area (Å²) in [5.74, 6) is 2.65. The van der Waals surface area contributed by atoms with Crippen LogP contribution in [-0.2, 0) is 4.79 Å². The highest BCUT2D eigenvalue weighted by Gasteiger charge is 2.36. The average Bonchev–Trinajstić information content (AvgIpc) is 2.15. The molecular formula is C13H21NO. The van der Waals surface area contributed by atoms with Crippen molar-refractivity contribution in [3.8, 4) is 0 Å². The van der Waals surface area contributed by atoms with Gasteiger partial charge in [0, 0.05) is 13.1 Å². The van der Waals surface area contributed by atoms with Crippen LogP contribution in [-0.4, -0.2) is 23.9 Å². The normalized spacial score (nSPS) is 32.2. The Morgan fingerprint density at radius 1 is 1.33 bits per heavy atom. The van der Waals surface area contributed by atoms with Crippen LogP contribution in [0, 0.1) is 17.8 Å². The van der Waals surface area contributed by atoms with E-state index in [9.17, 15) is 4.79 Å². The van der Waals surface area contributed by atoms with E-state index in [2.05, 4.69) is 13.5 Å². The Kier molecular flexibility index (Phi) is 3.13. The molecular weight excluding hydrogens is 186 g/mol. The summed E-state index contributed by atoms with van der Waals surface area (Å²) in [6, 6.07) is 0. The minimum atomic E-state index is 0.107. The lowest BCUT2D eigenvalue weighted by atomic mass is 9.73. The molecule has 84 valence electrons. The first kappa shape index (κ1) is 10.7. The zero-order chi connectivity index (χ0) is 10.8. The summed E-state index contributed by atoms with van der Waals surface area (Å²) in [4.78, 5) is 13.2. The van der Waals surface area contributed by atoms with Gasteiger partial charge < -0.3 is 4.90 Å². The van der Waals surface area contributed by atoms with Crippen LogP contribution in [0.15, 0.2) is 12.7 Å². The largest absolute Gasteiger partial charge is 0.338 e. The summed E-state index contributed by atoms with van der Waals surface area (Å²) >= 11 is 0. The number of likely N-dealkylation sites (tertiary alicyclic amines) is 1. The first-order valence-electron chi connectivity index (χ1n) is 6.12. The van der Waals surface area contributed by atoms with Crippen molar-refractivity contribution in [3.63, 3.8) is 0 Å². The molecule has 2 aliphatic rings. The fourth-order valence-corrected chi connectivity index (χ4v) is 3.03. The Morgan fingerprint density at radius 3 is 2.67 bits per heavy atom. The molecule has 0 aromatic rings. The molecule has 2 rings (SSSR count). The molecule has 2 atom stereocenters. The van der Waals surface area contributed by atoms with Gasteiger partial charge in [0.2, 0.25) is 5.91 Å². The topological polar surface area (TPSA) is 20.3 Å². The number of hydrogen-bond donors (Lipinski definition) is 0. The SMILES string of the molecule is C=CC(=O)N1CC(C2CCCC(C)C2)C1. The molecule has 2 nitrogen and oxygen atoms in total. The predicted molar refractivity (Wildman–Crippen MR) is 61.4 cm³/mol. The Bertz CT molecular complexity index is 255. The van der Waals surface area contributed by atoms with E-state index >= 15 is 0 Å². The van der Waals surface area contributed by atoms with Gasteiger partial charge in [0.15, 0.2) is 0 Å². The van der Waals surface area contributed by atoms with E-state index in [1.54, 1.807) is 0 Å². The summed E-state index contributed by atoms with van der Waals surface area (Å²) in [5.41, 5.74) is 0. The van der Waals surface area contributed by atoms with Crippen LogP contribution in [0.25, 0.3) is 0 Å². The third kappa shape index (κ3) is 2.24. The van der Waals surface area contributed by atoms with Gasteiger partial charge in [-0.15, -0.1) is 0 Å². The number of nitrogens with zero attached hydrogens (tertiary/aromatic N) is 1. The minimum absolute atomic E-state index is 0.107. The summed E-state index contributed by atoms with van der Waals surface area (Å²) in [7, 11) is 0. The molecule has 0 N–H and O–H groups in total. The quantitative estimate of drug-likeness (QED) is 0.637. The Morgan fingerprint density at radius 2 is 2.07 bits per heavy atom. The predicted octanol–water partition coefficient (Wildman–Crippen LogP) is 2.46. The van der Waals surface area contributed by atoms with Gasteiger partial charge in [-0.3, -0.25) is 4.79 Å². The van der Waals surface area contributed by atoms with Crippen LogP contribution < -0.4 is 0 Å². The summed E-state index contributed by atoms with van der Waals surface area (Å²) in [6.45, 7) is 7.83. The standard InChI is InChI=1S/C13H21NO/c1-3-13(15)14-8-12(9-14)11-6-4-5-10(2)7-11/h3,10-12H,1,4-9H2,2H3. The molecule has 0 bridgehead atoms. The molecule has 15 heavy (non-hydrogen) atoms. The molecule has 1 amide bonds. The maximum Gasteiger partial charge on any atom is 0.245 e. The van der Waals surface area contributed by atoms with Crippen LogP contribution in [0.3, 0.4) is 0 Å². The first-order valence-corrected chi connectivity index (χ1v) is 6.12. The van der Waals surface area contributed by atoms with Crippen molar-refractivity contribution in [1.82, 2.24) is 4.90 Å². The van der Waals surface area contributed by atoms with E-state index in [0.29, 0.717) is 0 Å². The van der Waals surface area contributed by atoms with E-state index in [1.165, 1.54) is 31.8 Å². The lowest BCUT2D eigenvalue weighted by molar-refractivity contribution is -0.133. The zero-order valence-corrected chi connectivity index (χ0v) is 9.61. The molecule has 0 radical (unpaired) electrons. The average molecular weight is 207 g/mol. The van der Waals surface area contributed by atoms with Gasteiger partial charge >= 0.3 is 0 Å². The summed E-state index contributed by atoms with van der Waals surface area (Å²) < 4.78 is 0. The molecule has 2 unspecified atom stereocenters. The van der Waals surface area contributed by atoms with Gasteiger partial charge in [0.1, 0.15) is 0 Å². The highest BCUT2D eigenvalue weighted by molar-refractivity contribution is 5.87. The molecule has 1 saturated carbocycles. The van der Waals surface area contributed by atoms with Gasteiger partial charge in [-0.1, -0.05) is 32.8 Å². The number of carbonyl (C=O) groups excluding carboxylic acids is 1. The van der Waals surface area contributed by atoms with Crippen molar-refractivity contribution in [2.24, 2.45) is 17.8 Å². The van der Waals surface area contributed by atoms with Crippen LogP contribution in [0.4, 0.5) is 0 Å². The van der Waals surface area contributed by atoms with Crippen LogP contribution in [0.1, 0.15) is 32.6 Å². The molecule has 0 aromatic carbocycles. The molecule has 0 aromatic heterocycles. The number of rotatable bonds is 2. The van der Waals surface area contributed by atoms with Gasteiger partial charge in [0.25, 0.3) is 0 Å². The van der Waals surface area contributed by atoms with E-state index in [0.717, 1.165) is 30.8 Å². The highest BCUT2D eigenvalue weighted by atomic mass is 16.2. The monoisotopic (exact) mass is 207 g/mol. The lowest BCUT2D eigenvalue weighted by Gasteiger charge is -2.45. The summed E-state index contributed by atoms with van der Waals surface area (Å²) in [6.07, 6.45) is 6.97. The van der Waals surface area contributed by atoms with Crippen molar-refractivity contribution in [2.75, 3.05) is 13.1 Å². The zero-order valence-electron chi connectivity index (χ0n) is 9.61. The molecule has 2 fully saturated rings. The van der Waals surface area contributed by atoms with Crippen LogP contribution >= 0.6 is 0 Å². The number of carbonyl (C=O) groups is 1. The Balaban J connectivity index is 1.78. The third-order valence-corrected chi connectivity index (χ3v) is 4.04. The Labute approximate surface area is 92.3 Å². The van der Waals surface area contributed by atoms with Crippen molar-refractivity contribution < 1.29 is 4.79 Å². The van der Waals surface area contributed by atoms with E-state index in [4.69, 9.17) is 0 Å². The molecule has 1 heterocycles. The highest BCUT2D eigenvalue weighted by Crippen LogP contribution is 2.37. The smallest absolute Gasteiger partial charge is 0.245 e. The van der Waals surface area contributed by atoms with Gasteiger partial charge in [-0.05, 0) is 30.3 Å². The fourth-order valence-electron chi connectivity index (χ4n) is 3.03. The van der Waals surface area contributed by atoms with E-state index < -0.39 is 0 Å². The number of amides is 1. The van der Waals surface area contributed by atoms with Crippen LogP contribution in [0.2, 0.25) is 0 Å². The molecule has 2 heteroatoms. The minimum Gasteiger partial charge on any atom is -0.338 e. The summed E-state index contributed by atoms with van der Waals surface area (Å²) in [5, 5.41) is 0. The van der Waals surface area contributed by atoms with Gasteiger partial charge in [-0.2, -0.15) is 0 Å². The molecule has 1 saturated heterocycles. The van der Waals surface area contributed by atoms with Crippen molar-refractivity contribution >= 4 is 5.91 Å². The molecule has 1 aliphatic heterocycles. The molecule has 0 spiro atoms. The maximum absolute atomic E-state index is 11.3. The van der Waals surface area contributed by atoms with Gasteiger partial charge in [-0.25, -0.2) is 0 Å². The van der Waals surface area contributed by atoms with Crippen LogP contribution in [0.5, 0.6) is 0 Å². The fraction of sp³-hybridized carbons (Fsp3) is 0.769. The Hall–Kier alpha value is -0.790.